The minimum Gasteiger partial charge on any atom is -0.492 e. The van der Waals surface area contributed by atoms with E-state index in [1.165, 1.54) is 107 Å². The molecule has 124 heavy (non-hydrogen) atoms. The summed E-state index contributed by atoms with van der Waals surface area (Å²) < 4.78 is 69.2. The lowest BCUT2D eigenvalue weighted by Gasteiger charge is -2.30. The van der Waals surface area contributed by atoms with Gasteiger partial charge in [0.15, 0.2) is 43.3 Å². The van der Waals surface area contributed by atoms with Crippen molar-refractivity contribution in [1.29, 1.82) is 0 Å². The van der Waals surface area contributed by atoms with Crippen molar-refractivity contribution < 1.29 is 56.0 Å². The van der Waals surface area contributed by atoms with Crippen LogP contribution in [0.15, 0.2) is 98.2 Å². The maximum Gasteiger partial charge on any atom is 0.280 e. The second-order valence-electron chi connectivity index (χ2n) is 30.0. The Morgan fingerprint density at radius 1 is 0.492 bits per heavy atom. The SMILES string of the molecule is CC(C)Oc1ncccc1Nc1ncnc2sc(C(=O)NCC3CCNCC3)nc12.CCOc1cc(F)ccc1Nc1ncnc2sc(C(=O)NCC3CCNCC3)nc12.O=C(NCC1CCNCC1)c1nc2c(N3CCOc4cc(F)ccc43)ncnc2s1.O=C(NCC1CCNCC1)c1nc2c(Nc3ccc(F)cc3O[C@H]3CCOC3)ncnc2s1.S. The van der Waals surface area contributed by atoms with Crippen LogP contribution < -0.4 is 82.3 Å². The Hall–Kier alpha value is -11.1. The molecule has 4 amide bonds. The van der Waals surface area contributed by atoms with E-state index in [0.29, 0.717) is 213 Å². The van der Waals surface area contributed by atoms with Crippen molar-refractivity contribution in [3.63, 3.8) is 0 Å². The number of anilines is 8. The number of nitrogens with zero attached hydrogens (tertiary/aromatic N) is 14. The summed E-state index contributed by atoms with van der Waals surface area (Å²) in [5.74, 6) is 3.66. The molecule has 15 heterocycles. The van der Waals surface area contributed by atoms with Gasteiger partial charge in [-0.2, -0.15) is 13.5 Å². The summed E-state index contributed by atoms with van der Waals surface area (Å²) in [6.07, 6.45) is 16.5. The number of nitrogens with one attached hydrogen (secondary N) is 11. The molecule has 34 nitrogen and oxygen atoms in total. The van der Waals surface area contributed by atoms with Gasteiger partial charge in [0.2, 0.25) is 5.88 Å². The third-order valence-electron chi connectivity index (χ3n) is 20.9. The normalized spacial score (nSPS) is 16.2. The number of amides is 4. The van der Waals surface area contributed by atoms with Gasteiger partial charge in [-0.1, -0.05) is 45.3 Å². The Balaban J connectivity index is 0.000000134. The first-order valence-electron chi connectivity index (χ1n) is 41.1. The molecule has 0 unspecified atom stereocenters. The van der Waals surface area contributed by atoms with Crippen LogP contribution >= 0.6 is 58.8 Å². The number of carbonyl (C=O) groups excluding carboxylic acids is 4. The van der Waals surface area contributed by atoms with Gasteiger partial charge in [0.05, 0.1) is 49.5 Å². The van der Waals surface area contributed by atoms with E-state index in [1.54, 1.807) is 24.4 Å². The number of hydrogen-bond donors (Lipinski definition) is 11. The van der Waals surface area contributed by atoms with E-state index in [1.807, 2.05) is 37.8 Å². The van der Waals surface area contributed by atoms with E-state index in [2.05, 4.69) is 123 Å². The number of aromatic nitrogens is 13. The summed E-state index contributed by atoms with van der Waals surface area (Å²) in [5, 5.41) is 36.2. The van der Waals surface area contributed by atoms with Gasteiger partial charge in [0.1, 0.15) is 120 Å². The van der Waals surface area contributed by atoms with Gasteiger partial charge in [0.25, 0.3) is 23.6 Å². The van der Waals surface area contributed by atoms with Crippen molar-refractivity contribution in [2.24, 2.45) is 23.7 Å². The smallest absolute Gasteiger partial charge is 0.280 e. The summed E-state index contributed by atoms with van der Waals surface area (Å²) in [6, 6.07) is 16.6. The highest BCUT2D eigenvalue weighted by atomic mass is 32.1. The van der Waals surface area contributed by atoms with Crippen LogP contribution in [0.5, 0.6) is 23.1 Å². The first-order chi connectivity index (χ1) is 60.1. The quantitative estimate of drug-likeness (QED) is 0.0253. The number of halogens is 3. The molecule has 12 aromatic rings. The number of piperidine rings is 4. The number of ether oxygens (including phenoxy) is 5. The highest BCUT2D eigenvalue weighted by Crippen LogP contribution is 2.41. The predicted octanol–water partition coefficient (Wildman–Crippen LogP) is 11.3. The van der Waals surface area contributed by atoms with Crippen LogP contribution in [0.1, 0.15) is 118 Å². The van der Waals surface area contributed by atoms with Crippen molar-refractivity contribution >= 4 is 170 Å². The van der Waals surface area contributed by atoms with Crippen LogP contribution in [0.4, 0.5) is 59.2 Å². The second-order valence-corrected chi connectivity index (χ2v) is 33.9. The second kappa shape index (κ2) is 43.5. The van der Waals surface area contributed by atoms with E-state index in [0.717, 1.165) is 110 Å². The number of carbonyl (C=O) groups is 4. The Morgan fingerprint density at radius 3 is 1.35 bits per heavy atom. The van der Waals surface area contributed by atoms with E-state index < -0.39 is 11.6 Å². The van der Waals surface area contributed by atoms with Crippen LogP contribution in [0.3, 0.4) is 0 Å². The molecule has 6 aliphatic heterocycles. The lowest BCUT2D eigenvalue weighted by Crippen LogP contribution is -2.35. The van der Waals surface area contributed by atoms with Crippen molar-refractivity contribution in [3.8, 4) is 23.1 Å². The molecule has 654 valence electrons. The largest absolute Gasteiger partial charge is 0.492 e. The molecule has 3 aromatic carbocycles. The molecule has 0 spiro atoms. The summed E-state index contributed by atoms with van der Waals surface area (Å²) in [7, 11) is 0. The van der Waals surface area contributed by atoms with Gasteiger partial charge in [-0.25, -0.2) is 78.0 Å². The van der Waals surface area contributed by atoms with Gasteiger partial charge in [0, 0.05) is 57.0 Å². The zero-order chi connectivity index (χ0) is 85.0. The average Bonchev–Trinajstić information content (AvgIpc) is 1.56. The van der Waals surface area contributed by atoms with Gasteiger partial charge in [-0.05, 0) is 197 Å². The fraction of sp³-hybridized carbons (Fsp3) is 0.427. The van der Waals surface area contributed by atoms with E-state index in [9.17, 15) is 32.3 Å². The van der Waals surface area contributed by atoms with Gasteiger partial charge in [-0.15, -0.1) is 0 Å². The van der Waals surface area contributed by atoms with Crippen LogP contribution in [0.2, 0.25) is 0 Å². The number of thiazole rings is 4. The van der Waals surface area contributed by atoms with Crippen LogP contribution in [-0.4, -0.2) is 212 Å². The van der Waals surface area contributed by atoms with Crippen molar-refractivity contribution in [3.05, 3.63) is 136 Å². The van der Waals surface area contributed by atoms with Crippen molar-refractivity contribution in [2.45, 2.75) is 90.8 Å². The number of hydrogen-bond acceptors (Lipinski definition) is 34. The molecule has 1 atom stereocenters. The maximum atomic E-state index is 13.9. The highest BCUT2D eigenvalue weighted by molar-refractivity contribution is 7.59. The number of pyridine rings is 1. The first kappa shape index (κ1) is 89.2. The molecule has 0 aliphatic carbocycles. The summed E-state index contributed by atoms with van der Waals surface area (Å²) in [4.78, 5) is 112. The molecular weight excluding hydrogens is 1700 g/mol. The van der Waals surface area contributed by atoms with Crippen LogP contribution in [0, 0.1) is 41.1 Å². The fourth-order valence-corrected chi connectivity index (χ4v) is 17.7. The summed E-state index contributed by atoms with van der Waals surface area (Å²) in [5.41, 5.74) is 4.58. The molecule has 18 rings (SSSR count). The number of benzene rings is 3. The average molecular weight is 1790 g/mol. The molecule has 9 aromatic heterocycles. The summed E-state index contributed by atoms with van der Waals surface area (Å²) in [6.45, 7) is 18.6. The Bertz CT molecular complexity index is 5630. The Morgan fingerprint density at radius 2 is 0.903 bits per heavy atom. The monoisotopic (exact) mass is 1790 g/mol. The van der Waals surface area contributed by atoms with Crippen LogP contribution in [0.25, 0.3) is 41.4 Å². The maximum absolute atomic E-state index is 13.9. The summed E-state index contributed by atoms with van der Waals surface area (Å²) >= 11 is 4.94. The third-order valence-corrected chi connectivity index (χ3v) is 24.7. The molecule has 0 saturated carbocycles. The lowest BCUT2D eigenvalue weighted by molar-refractivity contribution is 0.0936. The predicted molar refractivity (Wildman–Crippen MR) is 475 cm³/mol. The minimum atomic E-state index is -0.399. The molecule has 0 radical (unpaired) electrons. The standard InChI is InChI=1S/C22H25FN6O3S.C20H21FN6O2S.C20H23FN6O2S.C20H25N7O2S.H2S/c23-14-1-2-16(17(9-14)32-15-5-8-31-11-15)28-19-18-21(27-12-26-19)33-22(29-18)20(30)25-10-13-3-6-24-7-4-13;21-13-1-2-14-15(9-13)29-8-7-27(14)17-16-19(25-11-24-17)30-20(26-16)18(28)23-10-12-3-5-22-6-4-12;1-2-29-15-9-13(21)3-4-14(15)26-17-16-19(25-11-24-17)30-20(27-16)18(28)23-10-12-5-7-22-8-6-12;1-12(2)29-18-14(4-3-7-22-18)26-16-15-19(25-11-24-16)30-20(27-15)17(28)23-10-13-5-8-21-9-6-13;/h1-2,9,12-13,15,24H,3-8,10-11H2,(H,25,30)(H,26,27,28);1-2,9,11-12,22H,3-8,10H2,(H,23,28);3-4,9,11-12,22H,2,5-8,10H2,1H3,(H,23,28)(H,24,25,26);3-4,7,11-13,21H,5-6,8-10H2,1-2H3,(H,23,28)(H,24,25,26);1H2/t15-;;;;/m0..../s1. The van der Waals surface area contributed by atoms with Gasteiger partial charge >= 0.3 is 0 Å². The van der Waals surface area contributed by atoms with Crippen molar-refractivity contribution in [2.75, 3.05) is 132 Å². The minimum absolute atomic E-state index is 0. The zero-order valence-electron chi connectivity index (χ0n) is 68.3. The molecular formula is C82H96F3N25O9S5. The highest BCUT2D eigenvalue weighted by Gasteiger charge is 2.30. The zero-order valence-corrected chi connectivity index (χ0v) is 72.6. The number of fused-ring (bicyclic) bond motifs is 5. The third kappa shape index (κ3) is 23.5. The Labute approximate surface area is 734 Å². The van der Waals surface area contributed by atoms with Crippen LogP contribution in [-0.2, 0) is 4.74 Å². The van der Waals surface area contributed by atoms with Crippen molar-refractivity contribution in [1.82, 2.24) is 107 Å². The Kier molecular flexibility index (Phi) is 31.3. The molecule has 5 saturated heterocycles. The fourth-order valence-electron chi connectivity index (χ4n) is 14.4. The molecule has 5 fully saturated rings. The van der Waals surface area contributed by atoms with E-state index in [-0.39, 0.29) is 55.1 Å². The lowest BCUT2D eigenvalue weighted by atomic mass is 9.98. The number of rotatable bonds is 25. The first-order valence-corrected chi connectivity index (χ1v) is 44.4. The van der Waals surface area contributed by atoms with E-state index >= 15 is 0 Å². The topological polar surface area (TPSA) is 418 Å². The molecule has 11 N–H and O–H groups in total. The molecule has 42 heteroatoms. The van der Waals surface area contributed by atoms with Gasteiger partial charge in [-0.3, -0.25) is 19.2 Å². The molecule has 0 bridgehead atoms. The van der Waals surface area contributed by atoms with E-state index in [4.69, 9.17) is 23.7 Å². The molecule has 6 aliphatic rings. The van der Waals surface area contributed by atoms with Gasteiger partial charge < -0.3 is 87.1 Å².